The van der Waals surface area contributed by atoms with E-state index in [1.165, 1.54) is 5.56 Å². The molecule has 4 heteroatoms. The number of alkyl carbamates (subject to hydrolysis) is 1. The molecule has 0 saturated carbocycles. The van der Waals surface area contributed by atoms with Crippen LogP contribution in [-0.2, 0) is 11.3 Å². The van der Waals surface area contributed by atoms with Crippen molar-refractivity contribution in [2.45, 2.75) is 26.0 Å². The third-order valence-electron chi connectivity index (χ3n) is 2.87. The summed E-state index contributed by atoms with van der Waals surface area (Å²) >= 11 is 0. The molecule has 1 aromatic carbocycles. The third kappa shape index (κ3) is 3.75. The highest BCUT2D eigenvalue weighted by Gasteiger charge is 2.16. The number of nitrogens with one attached hydrogen (secondary N) is 2. The summed E-state index contributed by atoms with van der Waals surface area (Å²) in [6.07, 6.45) is 0.638. The lowest BCUT2D eigenvalue weighted by Crippen LogP contribution is -2.36. The molecule has 0 bridgehead atoms. The van der Waals surface area contributed by atoms with Gasteiger partial charge in [-0.1, -0.05) is 29.8 Å². The smallest absolute Gasteiger partial charge is 0.407 e. The SMILES string of the molecule is Cc1ccc(COC(=O)NC2CCNC2)cc1. The molecule has 1 aliphatic heterocycles. The number of hydrogen-bond donors (Lipinski definition) is 2. The lowest BCUT2D eigenvalue weighted by atomic mass is 10.2. The molecular formula is C13H18N2O2. The Balaban J connectivity index is 1.73. The highest BCUT2D eigenvalue weighted by molar-refractivity contribution is 5.67. The van der Waals surface area contributed by atoms with Crippen LogP contribution in [-0.4, -0.2) is 25.2 Å². The molecule has 1 amide bonds. The molecule has 1 unspecified atom stereocenters. The van der Waals surface area contributed by atoms with E-state index in [0.29, 0.717) is 6.61 Å². The molecule has 17 heavy (non-hydrogen) atoms. The molecule has 0 spiro atoms. The van der Waals surface area contributed by atoms with Crippen LogP contribution in [0.2, 0.25) is 0 Å². The van der Waals surface area contributed by atoms with Gasteiger partial charge in [-0.15, -0.1) is 0 Å². The van der Waals surface area contributed by atoms with E-state index in [1.54, 1.807) is 0 Å². The minimum atomic E-state index is -0.334. The summed E-state index contributed by atoms with van der Waals surface area (Å²) in [4.78, 5) is 11.5. The fourth-order valence-electron chi connectivity index (χ4n) is 1.82. The predicted molar refractivity (Wildman–Crippen MR) is 65.8 cm³/mol. The molecule has 0 aromatic heterocycles. The van der Waals surface area contributed by atoms with Crippen molar-refractivity contribution in [3.05, 3.63) is 35.4 Å². The Morgan fingerprint density at radius 3 is 2.88 bits per heavy atom. The van der Waals surface area contributed by atoms with E-state index >= 15 is 0 Å². The van der Waals surface area contributed by atoms with Crippen molar-refractivity contribution in [1.82, 2.24) is 10.6 Å². The maximum atomic E-state index is 11.5. The van der Waals surface area contributed by atoms with Crippen molar-refractivity contribution >= 4 is 6.09 Å². The highest BCUT2D eigenvalue weighted by Crippen LogP contribution is 2.05. The van der Waals surface area contributed by atoms with Crippen LogP contribution in [0, 0.1) is 6.92 Å². The maximum Gasteiger partial charge on any atom is 0.407 e. The summed E-state index contributed by atoms with van der Waals surface area (Å²) in [7, 11) is 0. The van der Waals surface area contributed by atoms with Crippen LogP contribution < -0.4 is 10.6 Å². The summed E-state index contributed by atoms with van der Waals surface area (Å²) in [5.74, 6) is 0. The van der Waals surface area contributed by atoms with E-state index in [2.05, 4.69) is 10.6 Å². The number of hydrogen-bond acceptors (Lipinski definition) is 3. The second-order valence-corrected chi connectivity index (χ2v) is 4.40. The number of amides is 1. The Kier molecular flexibility index (Phi) is 3.98. The van der Waals surface area contributed by atoms with Crippen LogP contribution in [0.4, 0.5) is 4.79 Å². The van der Waals surface area contributed by atoms with E-state index in [1.807, 2.05) is 31.2 Å². The maximum absolute atomic E-state index is 11.5. The van der Waals surface area contributed by atoms with Crippen molar-refractivity contribution in [3.8, 4) is 0 Å². The number of rotatable bonds is 3. The Hall–Kier alpha value is -1.55. The minimum Gasteiger partial charge on any atom is -0.445 e. The van der Waals surface area contributed by atoms with E-state index < -0.39 is 0 Å². The van der Waals surface area contributed by atoms with Crippen molar-refractivity contribution in [2.75, 3.05) is 13.1 Å². The van der Waals surface area contributed by atoms with Crippen LogP contribution in [0.15, 0.2) is 24.3 Å². The Bertz CT molecular complexity index is 370. The average molecular weight is 234 g/mol. The first kappa shape index (κ1) is 11.9. The summed E-state index contributed by atoms with van der Waals surface area (Å²) in [5, 5.41) is 6.02. The van der Waals surface area contributed by atoms with Crippen LogP contribution in [0.3, 0.4) is 0 Å². The zero-order valence-electron chi connectivity index (χ0n) is 10.0. The monoisotopic (exact) mass is 234 g/mol. The Labute approximate surface area is 101 Å². The molecule has 1 heterocycles. The number of carbonyl (C=O) groups excluding carboxylic acids is 1. The molecule has 1 aromatic rings. The molecule has 2 N–H and O–H groups in total. The number of benzene rings is 1. The fourth-order valence-corrected chi connectivity index (χ4v) is 1.82. The Morgan fingerprint density at radius 1 is 1.47 bits per heavy atom. The van der Waals surface area contributed by atoms with Gasteiger partial charge in [-0.25, -0.2) is 4.79 Å². The van der Waals surface area contributed by atoms with Crippen molar-refractivity contribution < 1.29 is 9.53 Å². The summed E-state index contributed by atoms with van der Waals surface area (Å²) in [6, 6.07) is 8.18. The third-order valence-corrected chi connectivity index (χ3v) is 2.87. The fraction of sp³-hybridized carbons (Fsp3) is 0.462. The van der Waals surface area contributed by atoms with Crippen LogP contribution in [0.25, 0.3) is 0 Å². The topological polar surface area (TPSA) is 50.4 Å². The molecule has 1 fully saturated rings. The van der Waals surface area contributed by atoms with Gasteiger partial charge in [0.15, 0.2) is 0 Å². The molecule has 2 rings (SSSR count). The van der Waals surface area contributed by atoms with Gasteiger partial charge in [-0.2, -0.15) is 0 Å². The lowest BCUT2D eigenvalue weighted by Gasteiger charge is -2.11. The zero-order chi connectivity index (χ0) is 12.1. The van der Waals surface area contributed by atoms with Gasteiger partial charge in [0.05, 0.1) is 0 Å². The average Bonchev–Trinajstić information content (AvgIpc) is 2.81. The first-order valence-electron chi connectivity index (χ1n) is 5.93. The molecule has 92 valence electrons. The van der Waals surface area contributed by atoms with Crippen LogP contribution >= 0.6 is 0 Å². The lowest BCUT2D eigenvalue weighted by molar-refractivity contribution is 0.136. The van der Waals surface area contributed by atoms with E-state index in [0.717, 1.165) is 25.1 Å². The number of aryl methyl sites for hydroxylation is 1. The zero-order valence-corrected chi connectivity index (χ0v) is 10.0. The molecule has 1 atom stereocenters. The van der Waals surface area contributed by atoms with Gasteiger partial charge in [0.2, 0.25) is 0 Å². The second-order valence-electron chi connectivity index (χ2n) is 4.40. The molecular weight excluding hydrogens is 216 g/mol. The standard InChI is InChI=1S/C13H18N2O2/c1-10-2-4-11(5-3-10)9-17-13(16)15-12-6-7-14-8-12/h2-5,12,14H,6-9H2,1H3,(H,15,16). The molecule has 1 aliphatic rings. The largest absolute Gasteiger partial charge is 0.445 e. The van der Waals surface area contributed by atoms with Gasteiger partial charge in [0.1, 0.15) is 6.61 Å². The molecule has 0 radical (unpaired) electrons. The van der Waals surface area contributed by atoms with Gasteiger partial charge in [0.25, 0.3) is 0 Å². The number of carbonyl (C=O) groups is 1. The normalized spacial score (nSPS) is 19.0. The van der Waals surface area contributed by atoms with Gasteiger partial charge in [-0.3, -0.25) is 0 Å². The van der Waals surface area contributed by atoms with Gasteiger partial charge in [0, 0.05) is 12.6 Å². The first-order valence-corrected chi connectivity index (χ1v) is 5.93. The van der Waals surface area contributed by atoms with Crippen molar-refractivity contribution in [1.29, 1.82) is 0 Å². The summed E-state index contributed by atoms with van der Waals surface area (Å²) < 4.78 is 5.15. The van der Waals surface area contributed by atoms with Gasteiger partial charge in [-0.05, 0) is 25.5 Å². The first-order chi connectivity index (χ1) is 8.24. The number of ether oxygens (including phenoxy) is 1. The van der Waals surface area contributed by atoms with Crippen LogP contribution in [0.5, 0.6) is 0 Å². The van der Waals surface area contributed by atoms with Gasteiger partial charge >= 0.3 is 6.09 Å². The summed E-state index contributed by atoms with van der Waals surface area (Å²) in [6.45, 7) is 4.15. The quantitative estimate of drug-likeness (QED) is 0.835. The van der Waals surface area contributed by atoms with E-state index in [4.69, 9.17) is 4.74 Å². The predicted octanol–water partition coefficient (Wildman–Crippen LogP) is 1.58. The molecule has 1 saturated heterocycles. The van der Waals surface area contributed by atoms with E-state index in [-0.39, 0.29) is 12.1 Å². The summed E-state index contributed by atoms with van der Waals surface area (Å²) in [5.41, 5.74) is 2.21. The van der Waals surface area contributed by atoms with Gasteiger partial charge < -0.3 is 15.4 Å². The van der Waals surface area contributed by atoms with Crippen molar-refractivity contribution in [3.63, 3.8) is 0 Å². The molecule has 4 nitrogen and oxygen atoms in total. The highest BCUT2D eigenvalue weighted by atomic mass is 16.5. The van der Waals surface area contributed by atoms with E-state index in [9.17, 15) is 4.79 Å². The Morgan fingerprint density at radius 2 is 2.24 bits per heavy atom. The minimum absolute atomic E-state index is 0.209. The molecule has 0 aliphatic carbocycles. The van der Waals surface area contributed by atoms with Crippen molar-refractivity contribution in [2.24, 2.45) is 0 Å². The van der Waals surface area contributed by atoms with Crippen LogP contribution in [0.1, 0.15) is 17.5 Å². The second kappa shape index (κ2) is 5.68.